The minimum absolute atomic E-state index is 0.0576. The number of aromatic nitrogens is 2. The van der Waals surface area contributed by atoms with Gasteiger partial charge in [0.05, 0.1) is 5.69 Å². The van der Waals surface area contributed by atoms with Crippen LogP contribution < -0.4 is 5.32 Å². The van der Waals surface area contributed by atoms with Gasteiger partial charge in [-0.3, -0.25) is 4.79 Å². The second-order valence-electron chi connectivity index (χ2n) is 3.27. The average Bonchev–Trinajstić information content (AvgIpc) is 2.61. The summed E-state index contributed by atoms with van der Waals surface area (Å²) < 4.78 is 1.55. The largest absolute Gasteiger partial charge is 0.476 e. The number of carboxylic acids is 1. The predicted octanol–water partition coefficient (Wildman–Crippen LogP) is 0.991. The Bertz CT molecular complexity index is 574. The molecular formula is C10H9N3O3. The van der Waals surface area contributed by atoms with Crippen molar-refractivity contribution in [1.29, 1.82) is 0 Å². The molecule has 2 aromatic heterocycles. The Kier molecular flexibility index (Phi) is 2.32. The van der Waals surface area contributed by atoms with Crippen molar-refractivity contribution in [2.75, 3.05) is 5.32 Å². The van der Waals surface area contributed by atoms with Crippen LogP contribution >= 0.6 is 0 Å². The molecule has 0 fully saturated rings. The molecule has 0 aromatic carbocycles. The lowest BCUT2D eigenvalue weighted by atomic mass is 10.4. The summed E-state index contributed by atoms with van der Waals surface area (Å²) in [7, 11) is 0. The van der Waals surface area contributed by atoms with Crippen LogP contribution in [0.2, 0.25) is 0 Å². The molecule has 6 nitrogen and oxygen atoms in total. The molecule has 2 heterocycles. The molecule has 0 saturated heterocycles. The number of anilines is 1. The molecule has 0 bridgehead atoms. The molecule has 0 spiro atoms. The van der Waals surface area contributed by atoms with Crippen molar-refractivity contribution < 1.29 is 14.7 Å². The Labute approximate surface area is 90.5 Å². The molecule has 2 rings (SSSR count). The first kappa shape index (κ1) is 10.2. The lowest BCUT2D eigenvalue weighted by Gasteiger charge is -2.02. The summed E-state index contributed by atoms with van der Waals surface area (Å²) in [5.41, 5.74) is 0.843. The van der Waals surface area contributed by atoms with Crippen molar-refractivity contribution in [3.8, 4) is 0 Å². The number of pyridine rings is 1. The molecule has 0 aliphatic heterocycles. The van der Waals surface area contributed by atoms with Crippen molar-refractivity contribution >= 4 is 23.2 Å². The highest BCUT2D eigenvalue weighted by molar-refractivity contribution is 5.94. The van der Waals surface area contributed by atoms with Crippen LogP contribution in [0.25, 0.3) is 5.65 Å². The van der Waals surface area contributed by atoms with Crippen LogP contribution in [0.15, 0.2) is 24.5 Å². The second-order valence-corrected chi connectivity index (χ2v) is 3.27. The van der Waals surface area contributed by atoms with Gasteiger partial charge in [0.25, 0.3) is 0 Å². The van der Waals surface area contributed by atoms with Crippen LogP contribution in [-0.2, 0) is 4.79 Å². The third kappa shape index (κ3) is 1.72. The number of hydrogen-bond acceptors (Lipinski definition) is 3. The molecule has 0 unspecified atom stereocenters. The van der Waals surface area contributed by atoms with Gasteiger partial charge in [-0.15, -0.1) is 0 Å². The van der Waals surface area contributed by atoms with E-state index in [0.717, 1.165) is 0 Å². The highest BCUT2D eigenvalue weighted by atomic mass is 16.4. The molecule has 16 heavy (non-hydrogen) atoms. The van der Waals surface area contributed by atoms with Crippen LogP contribution in [0.1, 0.15) is 17.4 Å². The third-order valence-corrected chi connectivity index (χ3v) is 2.01. The van der Waals surface area contributed by atoms with Gasteiger partial charge in [-0.2, -0.15) is 0 Å². The van der Waals surface area contributed by atoms with E-state index in [-0.39, 0.29) is 11.6 Å². The molecule has 1 amide bonds. The first-order valence-corrected chi connectivity index (χ1v) is 4.56. The quantitative estimate of drug-likeness (QED) is 0.788. The number of carbonyl (C=O) groups excluding carboxylic acids is 1. The summed E-state index contributed by atoms with van der Waals surface area (Å²) >= 11 is 0. The first-order chi connectivity index (χ1) is 7.58. The molecule has 2 aromatic rings. The molecule has 2 N–H and O–H groups in total. The molecule has 0 saturated carbocycles. The zero-order chi connectivity index (χ0) is 11.7. The lowest BCUT2D eigenvalue weighted by Crippen LogP contribution is -2.07. The summed E-state index contributed by atoms with van der Waals surface area (Å²) in [6.45, 7) is 1.38. The zero-order valence-corrected chi connectivity index (χ0v) is 8.47. The number of amides is 1. The first-order valence-electron chi connectivity index (χ1n) is 4.56. The number of carbonyl (C=O) groups is 2. The van der Waals surface area contributed by atoms with E-state index >= 15 is 0 Å². The van der Waals surface area contributed by atoms with Gasteiger partial charge in [-0.05, 0) is 12.1 Å². The lowest BCUT2D eigenvalue weighted by molar-refractivity contribution is -0.114. The van der Waals surface area contributed by atoms with Gasteiger partial charge in [0.1, 0.15) is 0 Å². The maximum absolute atomic E-state index is 10.9. The number of nitrogens with one attached hydrogen (secondary N) is 1. The van der Waals surface area contributed by atoms with E-state index in [4.69, 9.17) is 5.11 Å². The molecule has 0 atom stereocenters. The van der Waals surface area contributed by atoms with E-state index in [9.17, 15) is 9.59 Å². The van der Waals surface area contributed by atoms with Gasteiger partial charge in [0.2, 0.25) is 5.91 Å². The fourth-order valence-corrected chi connectivity index (χ4v) is 1.40. The van der Waals surface area contributed by atoms with Crippen molar-refractivity contribution in [2.24, 2.45) is 0 Å². The summed E-state index contributed by atoms with van der Waals surface area (Å²) in [6, 6.07) is 3.36. The normalized spacial score (nSPS) is 10.3. The number of imidazole rings is 1. The molecule has 82 valence electrons. The van der Waals surface area contributed by atoms with Crippen molar-refractivity contribution in [3.63, 3.8) is 0 Å². The van der Waals surface area contributed by atoms with Crippen LogP contribution in [0.4, 0.5) is 5.69 Å². The van der Waals surface area contributed by atoms with Gasteiger partial charge in [-0.1, -0.05) is 0 Å². The number of carboxylic acid groups (broad SMARTS) is 1. The fourth-order valence-electron chi connectivity index (χ4n) is 1.40. The van der Waals surface area contributed by atoms with E-state index in [1.54, 1.807) is 22.7 Å². The Hall–Kier alpha value is -2.37. The number of nitrogens with zero attached hydrogens (tertiary/aromatic N) is 2. The number of aromatic carboxylic acids is 1. The van der Waals surface area contributed by atoms with E-state index in [1.165, 1.54) is 13.1 Å². The minimum atomic E-state index is -1.10. The number of rotatable bonds is 2. The number of hydrogen-bond donors (Lipinski definition) is 2. The topological polar surface area (TPSA) is 83.7 Å². The Balaban J connectivity index is 2.58. The summed E-state index contributed by atoms with van der Waals surface area (Å²) in [5.74, 6) is -1.33. The van der Waals surface area contributed by atoms with Crippen LogP contribution in [0, 0.1) is 0 Å². The van der Waals surface area contributed by atoms with Crippen LogP contribution in [0.3, 0.4) is 0 Å². The van der Waals surface area contributed by atoms with E-state index in [1.807, 2.05) is 0 Å². The van der Waals surface area contributed by atoms with Gasteiger partial charge in [0, 0.05) is 19.3 Å². The fraction of sp³-hybridized carbons (Fsp3) is 0.100. The zero-order valence-electron chi connectivity index (χ0n) is 8.47. The third-order valence-electron chi connectivity index (χ3n) is 2.01. The predicted molar refractivity (Wildman–Crippen MR) is 56.5 cm³/mol. The highest BCUT2D eigenvalue weighted by Crippen LogP contribution is 2.16. The SMILES string of the molecule is CC(=O)Nc1cccn2cc(C(=O)O)nc12. The Morgan fingerprint density at radius 3 is 2.88 bits per heavy atom. The summed E-state index contributed by atoms with van der Waals surface area (Å²) in [6.07, 6.45) is 3.06. The van der Waals surface area contributed by atoms with E-state index in [0.29, 0.717) is 11.3 Å². The average molecular weight is 219 g/mol. The molecule has 0 radical (unpaired) electrons. The summed E-state index contributed by atoms with van der Waals surface area (Å²) in [5, 5.41) is 11.4. The minimum Gasteiger partial charge on any atom is -0.476 e. The highest BCUT2D eigenvalue weighted by Gasteiger charge is 2.11. The maximum atomic E-state index is 10.9. The number of fused-ring (bicyclic) bond motifs is 1. The molecule has 0 aliphatic carbocycles. The Morgan fingerprint density at radius 1 is 1.50 bits per heavy atom. The van der Waals surface area contributed by atoms with E-state index < -0.39 is 5.97 Å². The van der Waals surface area contributed by atoms with Crippen molar-refractivity contribution in [1.82, 2.24) is 9.38 Å². The smallest absolute Gasteiger partial charge is 0.356 e. The van der Waals surface area contributed by atoms with Gasteiger partial charge < -0.3 is 14.8 Å². The standard InChI is InChI=1S/C10H9N3O3/c1-6(14)11-7-3-2-4-13-5-8(10(15)16)12-9(7)13/h2-5H,1H3,(H,11,14)(H,15,16). The van der Waals surface area contributed by atoms with Crippen molar-refractivity contribution in [3.05, 3.63) is 30.2 Å². The monoisotopic (exact) mass is 219 g/mol. The molecule has 0 aliphatic rings. The van der Waals surface area contributed by atoms with Crippen LogP contribution in [0.5, 0.6) is 0 Å². The maximum Gasteiger partial charge on any atom is 0.356 e. The van der Waals surface area contributed by atoms with E-state index in [2.05, 4.69) is 10.3 Å². The molecular weight excluding hydrogens is 210 g/mol. The van der Waals surface area contributed by atoms with Gasteiger partial charge >= 0.3 is 5.97 Å². The van der Waals surface area contributed by atoms with Gasteiger partial charge in [0.15, 0.2) is 11.3 Å². The van der Waals surface area contributed by atoms with Crippen LogP contribution in [-0.4, -0.2) is 26.4 Å². The van der Waals surface area contributed by atoms with Crippen molar-refractivity contribution in [2.45, 2.75) is 6.92 Å². The second kappa shape index (κ2) is 3.65. The molecule has 6 heteroatoms. The van der Waals surface area contributed by atoms with Gasteiger partial charge in [-0.25, -0.2) is 9.78 Å². The summed E-state index contributed by atoms with van der Waals surface area (Å²) in [4.78, 5) is 25.6. The Morgan fingerprint density at radius 2 is 2.25 bits per heavy atom.